The Morgan fingerprint density at radius 3 is 1.79 bits per heavy atom. The van der Waals surface area contributed by atoms with Gasteiger partial charge in [-0.3, -0.25) is 9.59 Å². The van der Waals surface area contributed by atoms with Gasteiger partial charge in [0.2, 0.25) is 5.91 Å². The summed E-state index contributed by atoms with van der Waals surface area (Å²) in [4.78, 5) is 23.9. The maximum Gasteiger partial charge on any atom is 3.00 e. The van der Waals surface area contributed by atoms with Crippen LogP contribution in [0.25, 0.3) is 16.5 Å². The first-order chi connectivity index (χ1) is 25.8. The van der Waals surface area contributed by atoms with Crippen LogP contribution in [0.4, 0.5) is 28.4 Å². The minimum atomic E-state index is -3.54. The Morgan fingerprint density at radius 1 is 0.737 bits per heavy atom. The zero-order chi connectivity index (χ0) is 40.2. The molecule has 0 saturated carbocycles. The van der Waals surface area contributed by atoms with Crippen LogP contribution in [-0.2, 0) is 41.8 Å². The molecule has 0 atom stereocenters. The molecule has 0 saturated heterocycles. The monoisotopic (exact) mass is 876 g/mol. The number of amides is 1. The standard InChI is InChI=1S/C19H17N3O5S.C17H15ClN4O4S.Cr.Na/c1-11(23)20-14-5-3-4-12-6-8-17(25)19(18(12)14)22-21-15-10-13(28(2,26)27)7-9-16(15)24;1-10-16(17(24)22(21-10)12-5-3-4-11(18)8-12)20-19-14-9-13(27(2,25)26)6-7-15(14)23;;/h3-10,24-25H,1-2H3,(H,20,23);3-9H,1-2H3,(H2,19,20,21,23,24);;/q;;+3;+1/p-4. The second kappa shape index (κ2) is 19.1. The predicted octanol–water partition coefficient (Wildman–Crippen LogP) is 2.41. The number of carbonyl (C=O) groups is 1. The summed E-state index contributed by atoms with van der Waals surface area (Å²) in [5.41, 5.74) is 0.0823. The van der Waals surface area contributed by atoms with Crippen molar-refractivity contribution in [2.24, 2.45) is 20.5 Å². The third kappa shape index (κ3) is 11.4. The smallest absolute Gasteiger partial charge is 0.871 e. The van der Waals surface area contributed by atoms with Gasteiger partial charge in [-0.25, -0.2) is 16.8 Å². The zero-order valence-electron chi connectivity index (χ0n) is 30.6. The van der Waals surface area contributed by atoms with Crippen molar-refractivity contribution in [1.82, 2.24) is 9.78 Å². The van der Waals surface area contributed by atoms with Crippen LogP contribution in [0.1, 0.15) is 12.6 Å². The number of nitrogens with zero attached hydrogens (tertiary/aromatic N) is 6. The van der Waals surface area contributed by atoms with Crippen molar-refractivity contribution in [3.8, 4) is 22.9 Å². The molecule has 16 nitrogen and oxygen atoms in total. The van der Waals surface area contributed by atoms with Gasteiger partial charge < -0.3 is 30.4 Å². The van der Waals surface area contributed by atoms with Crippen molar-refractivity contribution >= 4 is 76.4 Å². The van der Waals surface area contributed by atoms with E-state index in [1.807, 2.05) is 0 Å². The second-order valence-electron chi connectivity index (χ2n) is 11.8. The maximum atomic E-state index is 12.6. The summed E-state index contributed by atoms with van der Waals surface area (Å²) in [5.74, 6) is -1.83. The molecule has 1 radical (unpaired) electrons. The van der Waals surface area contributed by atoms with Crippen molar-refractivity contribution in [2.75, 3.05) is 17.8 Å². The van der Waals surface area contributed by atoms with Gasteiger partial charge in [0.15, 0.2) is 19.7 Å². The number of anilines is 1. The van der Waals surface area contributed by atoms with Crippen LogP contribution in [0.2, 0.25) is 5.02 Å². The van der Waals surface area contributed by atoms with Crippen molar-refractivity contribution in [1.29, 1.82) is 0 Å². The molecule has 6 rings (SSSR count). The summed E-state index contributed by atoms with van der Waals surface area (Å²) < 4.78 is 47.7. The number of rotatable bonds is 8. The number of carbonyl (C=O) groups excluding carboxylic acids is 1. The summed E-state index contributed by atoms with van der Waals surface area (Å²) >= 11 is 5.93. The third-order valence-electron chi connectivity index (χ3n) is 7.56. The van der Waals surface area contributed by atoms with E-state index >= 15 is 0 Å². The first-order valence-corrected chi connectivity index (χ1v) is 19.9. The van der Waals surface area contributed by atoms with E-state index in [2.05, 4.69) is 30.9 Å². The van der Waals surface area contributed by atoms with E-state index in [9.17, 15) is 41.7 Å². The van der Waals surface area contributed by atoms with Gasteiger partial charge in [0.1, 0.15) is 5.69 Å². The maximum absolute atomic E-state index is 12.6. The molecule has 0 aliphatic rings. The molecule has 57 heavy (non-hydrogen) atoms. The van der Waals surface area contributed by atoms with Crippen molar-refractivity contribution in [3.63, 3.8) is 0 Å². The number of azo groups is 2. The van der Waals surface area contributed by atoms with Gasteiger partial charge in [-0.2, -0.15) is 15.3 Å². The van der Waals surface area contributed by atoms with Crippen LogP contribution < -0.4 is 60.9 Å². The van der Waals surface area contributed by atoms with Crippen LogP contribution in [0.15, 0.2) is 126 Å². The fourth-order valence-corrected chi connectivity index (χ4v) is 6.42. The Hall–Kier alpha value is -4.84. The van der Waals surface area contributed by atoms with Gasteiger partial charge in [-0.1, -0.05) is 78.2 Å². The minimum absolute atomic E-state index is 0. The van der Waals surface area contributed by atoms with Crippen LogP contribution in [-0.4, -0.2) is 39.9 Å². The summed E-state index contributed by atoms with van der Waals surface area (Å²) in [6.45, 7) is 2.91. The normalized spacial score (nSPS) is 11.5. The summed E-state index contributed by atoms with van der Waals surface area (Å²) in [6.07, 6.45) is 2.02. The Labute approximate surface area is 364 Å². The fourth-order valence-electron chi connectivity index (χ4n) is 4.95. The van der Waals surface area contributed by atoms with E-state index in [1.165, 1.54) is 25.1 Å². The predicted molar refractivity (Wildman–Crippen MR) is 199 cm³/mol. The number of fused-ring (bicyclic) bond motifs is 1. The Kier molecular flexibility index (Phi) is 15.6. The Balaban J connectivity index is 0.000000295. The van der Waals surface area contributed by atoms with Crippen LogP contribution in [0.5, 0.6) is 17.2 Å². The van der Waals surface area contributed by atoms with Crippen molar-refractivity contribution in [3.05, 3.63) is 112 Å². The molecule has 0 unspecified atom stereocenters. The van der Waals surface area contributed by atoms with Gasteiger partial charge in [0.25, 0.3) is 5.56 Å². The van der Waals surface area contributed by atoms with Crippen molar-refractivity contribution in [2.45, 2.75) is 23.6 Å². The number of hydrogen-bond acceptors (Lipinski definition) is 13. The molecule has 1 amide bonds. The largest absolute Gasteiger partial charge is 3.00 e. The SMILES string of the molecule is CC(=O)Nc1cccc2ccc([O-])c(N=Nc3cc(S(C)(=O)=O)ccc3[O-])c12.Cc1[n-]n(-c2cccc(Cl)c2)c(=O)c1N=Nc1cc(S(C)(=O)=O)ccc1[O-].[Cr+3].[Na+]. The van der Waals surface area contributed by atoms with Gasteiger partial charge in [0.05, 0.1) is 32.5 Å². The van der Waals surface area contributed by atoms with Crippen LogP contribution in [0, 0.1) is 6.92 Å². The number of aromatic nitrogens is 2. The summed E-state index contributed by atoms with van der Waals surface area (Å²) in [6, 6.07) is 21.3. The van der Waals surface area contributed by atoms with Gasteiger partial charge in [-0.15, -0.1) is 10.8 Å². The molecular weight excluding hydrogens is 849 g/mol. The number of benzene rings is 5. The topological polar surface area (TPSA) is 252 Å². The molecule has 21 heteroatoms. The van der Waals surface area contributed by atoms with E-state index < -0.39 is 42.5 Å². The van der Waals surface area contributed by atoms with Gasteiger partial charge >= 0.3 is 46.9 Å². The van der Waals surface area contributed by atoms with E-state index in [0.29, 0.717) is 32.9 Å². The number of halogens is 1. The fraction of sp³-hybridized carbons (Fsp3) is 0.111. The Bertz CT molecular complexity index is 2830. The van der Waals surface area contributed by atoms with E-state index in [1.54, 1.807) is 55.5 Å². The van der Waals surface area contributed by atoms with E-state index in [-0.39, 0.29) is 85.4 Å². The summed E-state index contributed by atoms with van der Waals surface area (Å²) in [7, 11) is -7.05. The Morgan fingerprint density at radius 2 is 1.26 bits per heavy atom. The molecule has 0 aliphatic carbocycles. The molecule has 6 aromatic rings. The molecule has 1 aromatic heterocycles. The molecule has 0 spiro atoms. The molecule has 0 bridgehead atoms. The molecule has 287 valence electrons. The van der Waals surface area contributed by atoms with Crippen LogP contribution in [0.3, 0.4) is 0 Å². The van der Waals surface area contributed by atoms with Crippen molar-refractivity contribution < 1.29 is 83.9 Å². The van der Waals surface area contributed by atoms with E-state index in [0.717, 1.165) is 41.5 Å². The summed E-state index contributed by atoms with van der Waals surface area (Å²) in [5, 5.41) is 59.8. The molecule has 0 fully saturated rings. The van der Waals surface area contributed by atoms with Crippen LogP contribution >= 0.6 is 11.6 Å². The average Bonchev–Trinajstić information content (AvgIpc) is 3.39. The number of aryl methyl sites for hydroxylation is 1. The number of hydrogen-bond donors (Lipinski definition) is 1. The molecule has 0 aliphatic heterocycles. The first-order valence-electron chi connectivity index (χ1n) is 15.7. The minimum Gasteiger partial charge on any atom is -0.871 e. The zero-order valence-corrected chi connectivity index (χ0v) is 36.3. The molecule has 5 aromatic carbocycles. The quantitative estimate of drug-likeness (QED) is 0.173. The number of nitrogens with one attached hydrogen (secondary N) is 1. The van der Waals surface area contributed by atoms with Gasteiger partial charge in [0, 0.05) is 35.5 Å². The van der Waals surface area contributed by atoms with E-state index in [4.69, 9.17) is 11.6 Å². The number of sulfone groups is 2. The third-order valence-corrected chi connectivity index (χ3v) is 10.0. The molecule has 1 N–H and O–H groups in total. The van der Waals surface area contributed by atoms with Gasteiger partial charge in [-0.05, 0) is 53.9 Å². The molecular formula is C36H28ClCrN7NaO9S2. The average molecular weight is 877 g/mol. The first kappa shape index (κ1) is 46.5. The second-order valence-corrected chi connectivity index (χ2v) is 16.3. The molecule has 1 heterocycles.